The van der Waals surface area contributed by atoms with Gasteiger partial charge in [0.05, 0.1) is 10.2 Å². The molecular formula is C14H12N2O2S. The fourth-order valence-corrected chi connectivity index (χ4v) is 3.33. The number of hydrogen-bond donors (Lipinski definition) is 1. The average molecular weight is 272 g/mol. The molecule has 2 heterocycles. The van der Waals surface area contributed by atoms with E-state index in [1.165, 1.54) is 11.3 Å². The largest absolute Gasteiger partial charge is 0.321 e. The van der Waals surface area contributed by atoms with Gasteiger partial charge < -0.3 is 5.32 Å². The molecule has 1 aromatic heterocycles. The summed E-state index contributed by atoms with van der Waals surface area (Å²) in [4.78, 5) is 24.4. The van der Waals surface area contributed by atoms with Gasteiger partial charge in [-0.1, -0.05) is 24.8 Å². The van der Waals surface area contributed by atoms with Crippen molar-refractivity contribution < 1.29 is 4.79 Å². The number of aromatic nitrogens is 1. The minimum Gasteiger partial charge on any atom is -0.321 e. The summed E-state index contributed by atoms with van der Waals surface area (Å²) in [5, 5.41) is 2.78. The third-order valence-corrected chi connectivity index (χ3v) is 4.21. The molecule has 0 unspecified atom stereocenters. The summed E-state index contributed by atoms with van der Waals surface area (Å²) in [6.45, 7) is 6.31. The lowest BCUT2D eigenvalue weighted by atomic mass is 10.1. The Morgan fingerprint density at radius 2 is 2.05 bits per heavy atom. The molecule has 1 amide bonds. The number of anilines is 1. The minimum atomic E-state index is -0.220. The van der Waals surface area contributed by atoms with Gasteiger partial charge in [-0.05, 0) is 13.0 Å². The van der Waals surface area contributed by atoms with Crippen molar-refractivity contribution in [2.24, 2.45) is 0 Å². The Morgan fingerprint density at radius 3 is 2.74 bits per heavy atom. The molecule has 0 aliphatic carbocycles. The van der Waals surface area contributed by atoms with Gasteiger partial charge >= 0.3 is 0 Å². The van der Waals surface area contributed by atoms with Crippen LogP contribution < -0.4 is 20.1 Å². The van der Waals surface area contributed by atoms with E-state index < -0.39 is 0 Å². The first-order valence-corrected chi connectivity index (χ1v) is 6.78. The highest BCUT2D eigenvalue weighted by Crippen LogP contribution is 2.28. The number of carbonyl (C=O) groups is 1. The van der Waals surface area contributed by atoms with Crippen LogP contribution in [0, 0.1) is 0 Å². The number of hydrogen-bond acceptors (Lipinski definition) is 3. The molecule has 1 aromatic carbocycles. The van der Waals surface area contributed by atoms with Gasteiger partial charge in [0.2, 0.25) is 0 Å². The van der Waals surface area contributed by atoms with Crippen LogP contribution >= 0.6 is 11.3 Å². The topological polar surface area (TPSA) is 51.1 Å². The summed E-state index contributed by atoms with van der Waals surface area (Å²) < 4.78 is 2.72. The summed E-state index contributed by atoms with van der Waals surface area (Å²) in [5.74, 6) is -0.220. The smallest absolute Gasteiger partial charge is 0.269 e. The van der Waals surface area contributed by atoms with Crippen LogP contribution in [0.5, 0.6) is 0 Å². The van der Waals surface area contributed by atoms with Crippen molar-refractivity contribution in [1.29, 1.82) is 0 Å². The second-order valence-corrected chi connectivity index (χ2v) is 5.33. The molecule has 1 N–H and O–H groups in total. The van der Waals surface area contributed by atoms with Gasteiger partial charge in [0.25, 0.3) is 11.5 Å². The van der Waals surface area contributed by atoms with E-state index in [1.54, 1.807) is 4.57 Å². The summed E-state index contributed by atoms with van der Waals surface area (Å²) in [5.41, 5.74) is 1.86. The summed E-state index contributed by atoms with van der Waals surface area (Å²) in [7, 11) is 0. The van der Waals surface area contributed by atoms with Crippen molar-refractivity contribution in [2.45, 2.75) is 13.5 Å². The first kappa shape index (κ1) is 11.9. The molecule has 0 saturated carbocycles. The zero-order chi connectivity index (χ0) is 13.6. The number of amides is 1. The Balaban J connectivity index is 2.45. The molecular weight excluding hydrogens is 260 g/mol. The van der Waals surface area contributed by atoms with Gasteiger partial charge in [-0.25, -0.2) is 0 Å². The number of para-hydroxylation sites is 1. The summed E-state index contributed by atoms with van der Waals surface area (Å²) in [6.07, 6.45) is 0. The third-order valence-electron chi connectivity index (χ3n) is 3.18. The number of nitrogens with one attached hydrogen (secondary N) is 1. The second-order valence-electron chi connectivity index (χ2n) is 4.25. The molecule has 1 aliphatic rings. The van der Waals surface area contributed by atoms with E-state index in [4.69, 9.17) is 0 Å². The van der Waals surface area contributed by atoms with E-state index >= 15 is 0 Å². The maximum absolute atomic E-state index is 12.3. The van der Waals surface area contributed by atoms with E-state index in [0.717, 1.165) is 11.3 Å². The molecule has 2 aromatic rings. The maximum Gasteiger partial charge on any atom is 0.269 e. The standard InChI is InChI=1S/C14H12N2O2S/c1-3-16-8(2)19-12(14(16)18)11-9-6-4-5-7-10(9)15-13(11)17/h4-7H,2-3H2,1H3,(H,15,17)/b12-11-. The van der Waals surface area contributed by atoms with Crippen LogP contribution in [0.15, 0.2) is 29.1 Å². The second kappa shape index (κ2) is 4.20. The zero-order valence-electron chi connectivity index (χ0n) is 10.4. The van der Waals surface area contributed by atoms with E-state index in [0.29, 0.717) is 21.3 Å². The summed E-state index contributed by atoms with van der Waals surface area (Å²) in [6, 6.07) is 7.39. The molecule has 19 heavy (non-hydrogen) atoms. The molecule has 0 bridgehead atoms. The quantitative estimate of drug-likeness (QED) is 0.821. The molecule has 0 saturated heterocycles. The Bertz CT molecular complexity index is 845. The van der Waals surface area contributed by atoms with Crippen LogP contribution in [-0.4, -0.2) is 10.5 Å². The van der Waals surface area contributed by atoms with E-state index in [1.807, 2.05) is 31.2 Å². The van der Waals surface area contributed by atoms with Gasteiger partial charge in [-0.15, -0.1) is 11.3 Å². The minimum absolute atomic E-state index is 0.139. The lowest BCUT2D eigenvalue weighted by Gasteiger charge is -1.94. The molecule has 0 radical (unpaired) electrons. The van der Waals surface area contributed by atoms with Gasteiger partial charge in [-0.3, -0.25) is 14.2 Å². The number of thiazole rings is 1. The predicted octanol–water partition coefficient (Wildman–Crippen LogP) is 0.491. The Labute approximate surface area is 113 Å². The predicted molar refractivity (Wildman–Crippen MR) is 76.6 cm³/mol. The van der Waals surface area contributed by atoms with Gasteiger partial charge in [0.15, 0.2) is 0 Å². The van der Waals surface area contributed by atoms with Crippen molar-refractivity contribution in [2.75, 3.05) is 5.32 Å². The number of benzene rings is 1. The van der Waals surface area contributed by atoms with Crippen molar-refractivity contribution in [3.8, 4) is 0 Å². The molecule has 3 rings (SSSR count). The van der Waals surface area contributed by atoms with Crippen LogP contribution in [-0.2, 0) is 11.3 Å². The van der Waals surface area contributed by atoms with Crippen molar-refractivity contribution in [3.63, 3.8) is 0 Å². The van der Waals surface area contributed by atoms with Crippen LogP contribution in [0.1, 0.15) is 12.5 Å². The highest BCUT2D eigenvalue weighted by molar-refractivity contribution is 7.07. The monoisotopic (exact) mass is 272 g/mol. The molecule has 0 atom stereocenters. The SMILES string of the molecule is C=c1s/c(=C2\C(=O)Nc3ccccc32)c(=O)n1CC. The van der Waals surface area contributed by atoms with Crippen molar-refractivity contribution in [1.82, 2.24) is 4.57 Å². The molecule has 96 valence electrons. The highest BCUT2D eigenvalue weighted by atomic mass is 32.1. The first-order chi connectivity index (χ1) is 9.13. The molecule has 5 heteroatoms. The first-order valence-electron chi connectivity index (χ1n) is 5.97. The molecule has 0 spiro atoms. The lowest BCUT2D eigenvalue weighted by Crippen LogP contribution is -2.32. The van der Waals surface area contributed by atoms with Crippen molar-refractivity contribution >= 4 is 35.1 Å². The fourth-order valence-electron chi connectivity index (χ4n) is 2.27. The Kier molecular flexibility index (Phi) is 2.64. The van der Waals surface area contributed by atoms with E-state index in [2.05, 4.69) is 11.9 Å². The van der Waals surface area contributed by atoms with E-state index in [9.17, 15) is 9.59 Å². The Morgan fingerprint density at radius 1 is 1.32 bits per heavy atom. The van der Waals surface area contributed by atoms with Crippen molar-refractivity contribution in [3.05, 3.63) is 49.4 Å². The zero-order valence-corrected chi connectivity index (χ0v) is 11.2. The third kappa shape index (κ3) is 1.66. The van der Waals surface area contributed by atoms with Crippen LogP contribution in [0.2, 0.25) is 0 Å². The number of rotatable bonds is 1. The number of carbonyl (C=O) groups excluding carboxylic acids is 1. The fraction of sp³-hybridized carbons (Fsp3) is 0.143. The van der Waals surface area contributed by atoms with Crippen LogP contribution in [0.25, 0.3) is 12.2 Å². The maximum atomic E-state index is 12.3. The van der Waals surface area contributed by atoms with Gasteiger partial charge in [0.1, 0.15) is 4.53 Å². The number of fused-ring (bicyclic) bond motifs is 1. The average Bonchev–Trinajstić information content (AvgIpc) is 2.85. The normalized spacial score (nSPS) is 16.4. The van der Waals surface area contributed by atoms with E-state index in [-0.39, 0.29) is 11.5 Å². The highest BCUT2D eigenvalue weighted by Gasteiger charge is 2.26. The molecule has 1 aliphatic heterocycles. The van der Waals surface area contributed by atoms with Crippen LogP contribution in [0.4, 0.5) is 5.69 Å². The Hall–Kier alpha value is -2.14. The molecule has 0 fully saturated rings. The molecule has 4 nitrogen and oxygen atoms in total. The van der Waals surface area contributed by atoms with Crippen LogP contribution in [0.3, 0.4) is 0 Å². The van der Waals surface area contributed by atoms with Gasteiger partial charge in [0, 0.05) is 17.8 Å². The lowest BCUT2D eigenvalue weighted by molar-refractivity contribution is -0.110. The van der Waals surface area contributed by atoms with Gasteiger partial charge in [-0.2, -0.15) is 0 Å². The summed E-state index contributed by atoms with van der Waals surface area (Å²) >= 11 is 1.27. The number of nitrogens with zero attached hydrogens (tertiary/aromatic N) is 1.